The molecule has 0 fully saturated rings. The van der Waals surface area contributed by atoms with Crippen molar-refractivity contribution in [3.05, 3.63) is 77.9 Å². The Morgan fingerprint density at radius 3 is 2.88 bits per heavy atom. The van der Waals surface area contributed by atoms with E-state index >= 15 is 0 Å². The number of halogens is 1. The summed E-state index contributed by atoms with van der Waals surface area (Å²) in [6, 6.07) is 13.5. The van der Waals surface area contributed by atoms with Crippen LogP contribution < -0.4 is 10.1 Å². The molecule has 0 saturated heterocycles. The molecule has 1 aromatic heterocycles. The molecule has 0 aliphatic carbocycles. The van der Waals surface area contributed by atoms with Gasteiger partial charge in [-0.2, -0.15) is 5.10 Å². The summed E-state index contributed by atoms with van der Waals surface area (Å²) in [5.41, 5.74) is 2.16. The first kappa shape index (κ1) is 16.3. The Labute approximate surface area is 149 Å². The average Bonchev–Trinajstić information content (AvgIpc) is 3.10. The van der Waals surface area contributed by atoms with Crippen molar-refractivity contribution in [3.63, 3.8) is 0 Å². The molecule has 4 rings (SSSR count). The van der Waals surface area contributed by atoms with Gasteiger partial charge in [-0.1, -0.05) is 30.3 Å². The van der Waals surface area contributed by atoms with E-state index in [1.165, 1.54) is 12.1 Å². The zero-order valence-electron chi connectivity index (χ0n) is 13.8. The Balaban J connectivity index is 1.44. The first-order valence-corrected chi connectivity index (χ1v) is 8.10. The lowest BCUT2D eigenvalue weighted by atomic mass is 10.1. The van der Waals surface area contributed by atoms with Crippen LogP contribution >= 0.6 is 0 Å². The summed E-state index contributed by atoms with van der Waals surface area (Å²) in [6.07, 6.45) is 2.54. The summed E-state index contributed by atoms with van der Waals surface area (Å²) in [4.78, 5) is 12.6. The minimum Gasteiger partial charge on any atom is -0.467 e. The number of benzene rings is 2. The fraction of sp³-hybridized carbons (Fsp3) is 0.158. The van der Waals surface area contributed by atoms with Gasteiger partial charge in [0.25, 0.3) is 5.91 Å². The van der Waals surface area contributed by atoms with E-state index in [2.05, 4.69) is 10.4 Å². The molecule has 1 atom stereocenters. The number of rotatable bonds is 4. The highest BCUT2D eigenvalue weighted by Gasteiger charge is 2.28. The van der Waals surface area contributed by atoms with Gasteiger partial charge in [-0.3, -0.25) is 9.48 Å². The van der Waals surface area contributed by atoms with Crippen molar-refractivity contribution in [1.29, 1.82) is 0 Å². The van der Waals surface area contributed by atoms with Gasteiger partial charge >= 0.3 is 0 Å². The normalized spacial score (nSPS) is 15.8. The first-order chi connectivity index (χ1) is 12.7. The molecule has 0 bridgehead atoms. The summed E-state index contributed by atoms with van der Waals surface area (Å²) in [6.45, 7) is 0.506. The highest BCUT2D eigenvalue weighted by atomic mass is 19.1. The minimum absolute atomic E-state index is 0.0267. The molecular weight excluding hydrogens is 337 g/mol. The van der Waals surface area contributed by atoms with Gasteiger partial charge in [-0.05, 0) is 23.8 Å². The predicted molar refractivity (Wildman–Crippen MR) is 92.1 cm³/mol. The smallest absolute Gasteiger partial charge is 0.258 e. The number of amides is 1. The van der Waals surface area contributed by atoms with Crippen LogP contribution in [-0.2, 0) is 16.1 Å². The molecule has 0 spiro atoms. The van der Waals surface area contributed by atoms with Crippen molar-refractivity contribution in [3.8, 4) is 5.75 Å². The highest BCUT2D eigenvalue weighted by molar-refractivity contribution is 5.95. The molecular formula is C19H16FN3O3. The average molecular weight is 353 g/mol. The molecule has 6 nitrogen and oxygen atoms in total. The topological polar surface area (TPSA) is 65.4 Å². The Kier molecular flexibility index (Phi) is 4.37. The van der Waals surface area contributed by atoms with E-state index in [0.717, 1.165) is 5.56 Å². The maximum absolute atomic E-state index is 13.0. The minimum atomic E-state index is -0.736. The molecule has 1 aliphatic rings. The third-order valence-electron chi connectivity index (χ3n) is 4.05. The number of fused-ring (bicyclic) bond motifs is 1. The van der Waals surface area contributed by atoms with Crippen molar-refractivity contribution in [2.75, 3.05) is 12.1 Å². The van der Waals surface area contributed by atoms with Gasteiger partial charge < -0.3 is 14.8 Å². The van der Waals surface area contributed by atoms with Crippen molar-refractivity contribution >= 4 is 11.6 Å². The lowest BCUT2D eigenvalue weighted by molar-refractivity contribution is -0.136. The third kappa shape index (κ3) is 3.43. The fourth-order valence-electron chi connectivity index (χ4n) is 2.80. The Bertz CT molecular complexity index is 924. The van der Waals surface area contributed by atoms with Crippen LogP contribution in [0.1, 0.15) is 17.2 Å². The van der Waals surface area contributed by atoms with Crippen molar-refractivity contribution in [2.24, 2.45) is 0 Å². The molecule has 1 aliphatic heterocycles. The molecule has 1 N–H and O–H groups in total. The third-order valence-corrected chi connectivity index (χ3v) is 4.05. The summed E-state index contributed by atoms with van der Waals surface area (Å²) < 4.78 is 25.5. The van der Waals surface area contributed by atoms with Crippen LogP contribution in [0.3, 0.4) is 0 Å². The molecule has 132 valence electrons. The predicted octanol–water partition coefficient (Wildman–Crippen LogP) is 3.12. The van der Waals surface area contributed by atoms with Gasteiger partial charge in [0.1, 0.15) is 11.6 Å². The molecule has 26 heavy (non-hydrogen) atoms. The maximum atomic E-state index is 13.0. The molecule has 1 amide bonds. The highest BCUT2D eigenvalue weighted by Crippen LogP contribution is 2.32. The Morgan fingerprint density at radius 1 is 1.23 bits per heavy atom. The van der Waals surface area contributed by atoms with Crippen LogP contribution in [0.5, 0.6) is 5.75 Å². The Hall–Kier alpha value is -3.19. The molecule has 7 heteroatoms. The van der Waals surface area contributed by atoms with Crippen LogP contribution in [0.4, 0.5) is 10.1 Å². The van der Waals surface area contributed by atoms with E-state index in [9.17, 15) is 9.18 Å². The largest absolute Gasteiger partial charge is 0.467 e. The summed E-state index contributed by atoms with van der Waals surface area (Å²) in [5.74, 6) is 0.0758. The van der Waals surface area contributed by atoms with Gasteiger partial charge in [-0.15, -0.1) is 0 Å². The number of nitrogens with one attached hydrogen (secondary N) is 1. The second-order valence-corrected chi connectivity index (χ2v) is 5.89. The summed E-state index contributed by atoms with van der Waals surface area (Å²) >= 11 is 0. The maximum Gasteiger partial charge on any atom is 0.258 e. The molecule has 0 radical (unpaired) electrons. The van der Waals surface area contributed by atoms with E-state index in [1.54, 1.807) is 41.3 Å². The Morgan fingerprint density at radius 2 is 2.04 bits per heavy atom. The fourth-order valence-corrected chi connectivity index (χ4v) is 2.80. The SMILES string of the molecule is O=C(Nc1cnn(Cc2ccc(F)cc2)c1)[C@H]1OCOc2ccccc21. The second-order valence-electron chi connectivity index (χ2n) is 5.89. The molecule has 0 unspecified atom stereocenters. The van der Waals surface area contributed by atoms with Gasteiger partial charge in [0, 0.05) is 11.8 Å². The summed E-state index contributed by atoms with van der Waals surface area (Å²) in [5, 5.41) is 7.02. The molecule has 3 aromatic rings. The monoisotopic (exact) mass is 353 g/mol. The van der Waals surface area contributed by atoms with Gasteiger partial charge in [0.15, 0.2) is 12.9 Å². The van der Waals surface area contributed by atoms with Crippen LogP contribution in [0.25, 0.3) is 0 Å². The second kappa shape index (κ2) is 6.97. The number of nitrogens with zero attached hydrogens (tertiary/aromatic N) is 2. The zero-order chi connectivity index (χ0) is 17.9. The lowest BCUT2D eigenvalue weighted by Gasteiger charge is -2.25. The number of hydrogen-bond donors (Lipinski definition) is 1. The molecule has 0 saturated carbocycles. The van der Waals surface area contributed by atoms with Gasteiger partial charge in [-0.25, -0.2) is 4.39 Å². The van der Waals surface area contributed by atoms with Crippen LogP contribution in [0.15, 0.2) is 60.9 Å². The number of hydrogen-bond acceptors (Lipinski definition) is 4. The number of anilines is 1. The lowest BCUT2D eigenvalue weighted by Crippen LogP contribution is -2.28. The van der Waals surface area contributed by atoms with E-state index in [-0.39, 0.29) is 18.5 Å². The molecule has 2 heterocycles. The quantitative estimate of drug-likeness (QED) is 0.783. The standard InChI is InChI=1S/C19H16FN3O3/c20-14-7-5-13(6-8-14)10-23-11-15(9-21-23)22-19(24)18-16-3-1-2-4-17(16)25-12-26-18/h1-9,11,18H,10,12H2,(H,22,24)/t18-/m0/s1. The number of ether oxygens (including phenoxy) is 2. The van der Waals surface area contributed by atoms with Gasteiger partial charge in [0.2, 0.25) is 0 Å². The van der Waals surface area contributed by atoms with Crippen LogP contribution in [0.2, 0.25) is 0 Å². The van der Waals surface area contributed by atoms with Crippen LogP contribution in [0, 0.1) is 5.82 Å². The zero-order valence-corrected chi connectivity index (χ0v) is 13.8. The van der Waals surface area contributed by atoms with Crippen molar-refractivity contribution in [2.45, 2.75) is 12.6 Å². The van der Waals surface area contributed by atoms with Crippen molar-refractivity contribution in [1.82, 2.24) is 9.78 Å². The number of carbonyl (C=O) groups is 1. The number of carbonyl (C=O) groups excluding carboxylic acids is 1. The number of para-hydroxylation sites is 1. The van der Waals surface area contributed by atoms with E-state index in [0.29, 0.717) is 23.5 Å². The summed E-state index contributed by atoms with van der Waals surface area (Å²) in [7, 11) is 0. The van der Waals surface area contributed by atoms with E-state index < -0.39 is 6.10 Å². The first-order valence-electron chi connectivity index (χ1n) is 8.10. The van der Waals surface area contributed by atoms with E-state index in [4.69, 9.17) is 9.47 Å². The number of aromatic nitrogens is 2. The van der Waals surface area contributed by atoms with Crippen LogP contribution in [-0.4, -0.2) is 22.5 Å². The van der Waals surface area contributed by atoms with E-state index in [1.807, 2.05) is 12.1 Å². The van der Waals surface area contributed by atoms with Gasteiger partial charge in [0.05, 0.1) is 18.4 Å². The molecule has 2 aromatic carbocycles. The van der Waals surface area contributed by atoms with Crippen molar-refractivity contribution < 1.29 is 18.7 Å².